The summed E-state index contributed by atoms with van der Waals surface area (Å²) in [5.74, 6) is 0. The SMILES string of the molecule is [CH3][Hf]([CH3])[C]1(CC(C)(C)C)C=Cc2cc3c(cc21)CCC3. The topological polar surface area (TPSA) is 0 Å². The van der Waals surface area contributed by atoms with Crippen LogP contribution in [0.5, 0.6) is 0 Å². The quantitative estimate of drug-likeness (QED) is 0.536. The van der Waals surface area contributed by atoms with E-state index in [0.29, 0.717) is 8.59 Å². The van der Waals surface area contributed by atoms with Gasteiger partial charge >= 0.3 is 132 Å². The van der Waals surface area contributed by atoms with Crippen molar-refractivity contribution in [2.75, 3.05) is 0 Å². The van der Waals surface area contributed by atoms with Gasteiger partial charge in [-0.2, -0.15) is 0 Å². The van der Waals surface area contributed by atoms with Crippen LogP contribution in [0, 0.1) is 5.41 Å². The second kappa shape index (κ2) is 4.93. The molecule has 0 amide bonds. The number of hydrogen-bond acceptors (Lipinski definition) is 0. The van der Waals surface area contributed by atoms with Crippen LogP contribution in [-0.4, -0.2) is 0 Å². The zero-order chi connectivity index (χ0) is 14.5. The summed E-state index contributed by atoms with van der Waals surface area (Å²) in [4.78, 5) is 0. The first-order chi connectivity index (χ1) is 9.32. The van der Waals surface area contributed by atoms with Gasteiger partial charge in [0, 0.05) is 0 Å². The van der Waals surface area contributed by atoms with E-state index in [9.17, 15) is 0 Å². The van der Waals surface area contributed by atoms with Gasteiger partial charge in [-0.1, -0.05) is 0 Å². The monoisotopic (exact) mass is 435 g/mol. The third-order valence-corrected chi connectivity index (χ3v) is 13.6. The Bertz CT molecular complexity index is 560. The van der Waals surface area contributed by atoms with Crippen LogP contribution in [0.3, 0.4) is 0 Å². The molecule has 0 radical (unpaired) electrons. The fraction of sp³-hybridized carbons (Fsp3) is 0.579. The standard InChI is InChI=1S/C17H21.2CH3.Hf/c1-17(2,3)11-15-8-7-14-9-12-5-4-6-13(12)10-16(14)15;;;/h7-10H,4-6,11H2,1-3H3;2*1H3;. The molecule has 0 bridgehead atoms. The van der Waals surface area contributed by atoms with Crippen molar-refractivity contribution < 1.29 is 21.4 Å². The first-order valence-electron chi connectivity index (χ1n) is 7.98. The summed E-state index contributed by atoms with van der Waals surface area (Å²) in [6.45, 7) is 7.22. The Balaban J connectivity index is 2.11. The number of rotatable bonds is 2. The van der Waals surface area contributed by atoms with E-state index >= 15 is 0 Å². The zero-order valence-electron chi connectivity index (χ0n) is 13.6. The Kier molecular flexibility index (Phi) is 3.64. The second-order valence-corrected chi connectivity index (χ2v) is 18.5. The van der Waals surface area contributed by atoms with E-state index in [1.807, 2.05) is 0 Å². The fourth-order valence-corrected chi connectivity index (χ4v) is 11.5. The minimum absolute atomic E-state index is 0.410. The molecule has 1 atom stereocenters. The number of hydrogen-bond donors (Lipinski definition) is 0. The predicted octanol–water partition coefficient (Wildman–Crippen LogP) is 5.55. The molecule has 2 aliphatic carbocycles. The van der Waals surface area contributed by atoms with Gasteiger partial charge in [0.1, 0.15) is 0 Å². The summed E-state index contributed by atoms with van der Waals surface area (Å²) in [7, 11) is 0. The van der Waals surface area contributed by atoms with E-state index in [1.165, 1.54) is 25.7 Å². The molecule has 0 aliphatic heterocycles. The molecule has 0 saturated carbocycles. The molecule has 0 heterocycles. The molecule has 0 fully saturated rings. The van der Waals surface area contributed by atoms with Gasteiger partial charge in [0.2, 0.25) is 0 Å². The number of fused-ring (bicyclic) bond motifs is 2. The third-order valence-electron chi connectivity index (χ3n) is 4.99. The van der Waals surface area contributed by atoms with E-state index in [4.69, 9.17) is 0 Å². The summed E-state index contributed by atoms with van der Waals surface area (Å²) in [5.41, 5.74) is 6.92. The van der Waals surface area contributed by atoms with Gasteiger partial charge in [-0.25, -0.2) is 0 Å². The van der Waals surface area contributed by atoms with Crippen molar-refractivity contribution in [1.29, 1.82) is 0 Å². The van der Waals surface area contributed by atoms with E-state index in [0.717, 1.165) is 0 Å². The van der Waals surface area contributed by atoms with Crippen LogP contribution in [0.25, 0.3) is 6.08 Å². The molecule has 0 saturated heterocycles. The van der Waals surface area contributed by atoms with E-state index < -0.39 is 21.4 Å². The predicted molar refractivity (Wildman–Crippen MR) is 85.0 cm³/mol. The van der Waals surface area contributed by atoms with Gasteiger partial charge in [0.25, 0.3) is 0 Å². The van der Waals surface area contributed by atoms with E-state index in [-0.39, 0.29) is 0 Å². The van der Waals surface area contributed by atoms with Crippen molar-refractivity contribution >= 4 is 6.08 Å². The average Bonchev–Trinajstić information content (AvgIpc) is 2.90. The molecule has 0 N–H and O–H groups in total. The fourth-order valence-electron chi connectivity index (χ4n) is 4.09. The van der Waals surface area contributed by atoms with Crippen molar-refractivity contribution in [1.82, 2.24) is 0 Å². The summed E-state index contributed by atoms with van der Waals surface area (Å²) >= 11 is -1.59. The molecule has 0 spiro atoms. The summed E-state index contributed by atoms with van der Waals surface area (Å²) in [6, 6.07) is 5.11. The second-order valence-electron chi connectivity index (χ2n) is 8.10. The summed E-state index contributed by atoms with van der Waals surface area (Å²) in [5, 5.41) is 0. The molecule has 1 heteroatoms. The summed E-state index contributed by atoms with van der Waals surface area (Å²) in [6.07, 6.45) is 10.3. The number of aryl methyl sites for hydroxylation is 2. The zero-order valence-corrected chi connectivity index (χ0v) is 17.2. The normalized spacial score (nSPS) is 23.9. The molecule has 1 unspecified atom stereocenters. The van der Waals surface area contributed by atoms with Crippen molar-refractivity contribution in [3.8, 4) is 0 Å². The first-order valence-corrected chi connectivity index (χ1v) is 17.0. The van der Waals surface area contributed by atoms with Crippen molar-refractivity contribution in [3.63, 3.8) is 0 Å². The Morgan fingerprint density at radius 2 is 1.75 bits per heavy atom. The van der Waals surface area contributed by atoms with Gasteiger partial charge in [-0.3, -0.25) is 0 Å². The van der Waals surface area contributed by atoms with Crippen molar-refractivity contribution in [2.24, 2.45) is 5.41 Å². The molecule has 0 nitrogen and oxygen atoms in total. The Morgan fingerprint density at radius 3 is 2.35 bits per heavy atom. The summed E-state index contributed by atoms with van der Waals surface area (Å²) < 4.78 is 5.65. The average molecular weight is 434 g/mol. The van der Waals surface area contributed by atoms with Crippen LogP contribution < -0.4 is 0 Å². The van der Waals surface area contributed by atoms with Crippen molar-refractivity contribution in [3.05, 3.63) is 40.5 Å². The van der Waals surface area contributed by atoms with Crippen LogP contribution >= 0.6 is 0 Å². The Labute approximate surface area is 132 Å². The first kappa shape index (κ1) is 14.8. The van der Waals surface area contributed by atoms with Crippen LogP contribution in [0.1, 0.15) is 55.9 Å². The van der Waals surface area contributed by atoms with Gasteiger partial charge < -0.3 is 0 Å². The van der Waals surface area contributed by atoms with Gasteiger partial charge in [0.15, 0.2) is 0 Å². The van der Waals surface area contributed by atoms with Crippen LogP contribution in [0.2, 0.25) is 9.36 Å². The molecule has 1 aromatic rings. The Morgan fingerprint density at radius 1 is 1.10 bits per heavy atom. The van der Waals surface area contributed by atoms with Gasteiger partial charge in [0.05, 0.1) is 0 Å². The molecule has 0 aromatic heterocycles. The maximum atomic E-state index is 2.60. The third kappa shape index (κ3) is 2.40. The van der Waals surface area contributed by atoms with E-state index in [1.54, 1.807) is 22.3 Å². The maximum absolute atomic E-state index is 2.60. The van der Waals surface area contributed by atoms with Gasteiger partial charge in [-0.05, 0) is 0 Å². The molecule has 107 valence electrons. The van der Waals surface area contributed by atoms with Gasteiger partial charge in [-0.15, -0.1) is 0 Å². The Hall–Kier alpha value is -0.170. The molecule has 2 aliphatic rings. The minimum atomic E-state index is -1.59. The van der Waals surface area contributed by atoms with E-state index in [2.05, 4.69) is 54.4 Å². The number of benzene rings is 1. The molecule has 3 rings (SSSR count). The van der Waals surface area contributed by atoms with Crippen LogP contribution in [0.4, 0.5) is 0 Å². The van der Waals surface area contributed by atoms with Crippen LogP contribution in [0.15, 0.2) is 18.2 Å². The number of allylic oxidation sites excluding steroid dienone is 1. The van der Waals surface area contributed by atoms with Crippen molar-refractivity contribution in [2.45, 2.75) is 59.0 Å². The molecule has 20 heavy (non-hydrogen) atoms. The molecular weight excluding hydrogens is 407 g/mol. The van der Waals surface area contributed by atoms with Crippen LogP contribution in [-0.2, 0) is 37.5 Å². The molecular formula is C19H27Hf. The molecule has 1 aromatic carbocycles.